The summed E-state index contributed by atoms with van der Waals surface area (Å²) in [6, 6.07) is 9.82. The number of rotatable bonds is 1. The Bertz CT molecular complexity index is 903. The molecule has 0 unspecified atom stereocenters. The number of carbonyl (C=O) groups is 1. The predicted molar refractivity (Wildman–Crippen MR) is 92.6 cm³/mol. The molecule has 0 aliphatic carbocycles. The second-order valence-electron chi connectivity index (χ2n) is 7.35. The van der Waals surface area contributed by atoms with Gasteiger partial charge in [0.15, 0.2) is 0 Å². The third-order valence-corrected chi connectivity index (χ3v) is 4.37. The number of hydrogen-bond donors (Lipinski definition) is 1. The van der Waals surface area contributed by atoms with Crippen LogP contribution in [0.15, 0.2) is 36.5 Å². The summed E-state index contributed by atoms with van der Waals surface area (Å²) in [4.78, 5) is 27.0. The first-order chi connectivity index (χ1) is 11.4. The molecule has 1 aliphatic rings. The van der Waals surface area contributed by atoms with Crippen molar-refractivity contribution < 1.29 is 4.79 Å². The molecule has 0 radical (unpaired) electrons. The van der Waals surface area contributed by atoms with Crippen molar-refractivity contribution in [1.29, 1.82) is 0 Å². The van der Waals surface area contributed by atoms with Crippen LogP contribution in [0.4, 0.5) is 0 Å². The summed E-state index contributed by atoms with van der Waals surface area (Å²) in [6.07, 6.45) is 1.86. The Morgan fingerprint density at radius 2 is 2.00 bits per heavy atom. The second-order valence-corrected chi connectivity index (χ2v) is 7.35. The molecule has 3 heterocycles. The number of aromatic amines is 1. The van der Waals surface area contributed by atoms with Gasteiger partial charge in [-0.1, -0.05) is 39.0 Å². The summed E-state index contributed by atoms with van der Waals surface area (Å²) in [7, 11) is 0. The van der Waals surface area contributed by atoms with Gasteiger partial charge in [0, 0.05) is 34.6 Å². The number of hydrogen-bond acceptors (Lipinski definition) is 3. The SMILES string of the molecule is CC(C)(C)c1ncc2c(n1)CN(C(=O)c1cc3ccccc3[nH]1)C2. The van der Waals surface area contributed by atoms with E-state index in [0.717, 1.165) is 28.0 Å². The van der Waals surface area contributed by atoms with E-state index in [2.05, 4.69) is 35.7 Å². The van der Waals surface area contributed by atoms with Gasteiger partial charge < -0.3 is 9.88 Å². The van der Waals surface area contributed by atoms with Crippen LogP contribution in [0.5, 0.6) is 0 Å². The molecule has 1 aromatic carbocycles. The lowest BCUT2D eigenvalue weighted by Crippen LogP contribution is -2.25. The summed E-state index contributed by atoms with van der Waals surface area (Å²) in [5.74, 6) is 0.822. The molecule has 24 heavy (non-hydrogen) atoms. The molecular weight excluding hydrogens is 300 g/mol. The molecule has 0 spiro atoms. The van der Waals surface area contributed by atoms with Gasteiger partial charge in [0.05, 0.1) is 12.2 Å². The minimum Gasteiger partial charge on any atom is -0.351 e. The smallest absolute Gasteiger partial charge is 0.270 e. The lowest BCUT2D eigenvalue weighted by molar-refractivity contribution is 0.0745. The summed E-state index contributed by atoms with van der Waals surface area (Å²) >= 11 is 0. The average molecular weight is 320 g/mol. The van der Waals surface area contributed by atoms with Gasteiger partial charge in [0.2, 0.25) is 0 Å². The molecule has 2 aromatic heterocycles. The minimum absolute atomic E-state index is 0.00140. The van der Waals surface area contributed by atoms with E-state index < -0.39 is 0 Å². The van der Waals surface area contributed by atoms with E-state index in [1.54, 1.807) is 0 Å². The van der Waals surface area contributed by atoms with Crippen molar-refractivity contribution >= 4 is 16.8 Å². The van der Waals surface area contributed by atoms with Gasteiger partial charge in [-0.2, -0.15) is 0 Å². The van der Waals surface area contributed by atoms with Gasteiger partial charge in [-0.25, -0.2) is 9.97 Å². The van der Waals surface area contributed by atoms with Gasteiger partial charge in [0.25, 0.3) is 5.91 Å². The zero-order chi connectivity index (χ0) is 16.9. The van der Waals surface area contributed by atoms with Crippen molar-refractivity contribution in [2.45, 2.75) is 39.3 Å². The van der Waals surface area contributed by atoms with Crippen LogP contribution >= 0.6 is 0 Å². The van der Waals surface area contributed by atoms with Crippen molar-refractivity contribution in [2.75, 3.05) is 0 Å². The summed E-state index contributed by atoms with van der Waals surface area (Å²) in [6.45, 7) is 7.38. The van der Waals surface area contributed by atoms with E-state index in [0.29, 0.717) is 18.8 Å². The highest BCUT2D eigenvalue weighted by molar-refractivity contribution is 5.98. The third kappa shape index (κ3) is 2.46. The standard InChI is InChI=1S/C19H20N4O/c1-19(2,3)18-20-9-13-10-23(11-16(13)22-18)17(24)15-8-12-6-4-5-7-14(12)21-15/h4-9,21H,10-11H2,1-3H3. The normalized spacial score (nSPS) is 14.2. The van der Waals surface area contributed by atoms with E-state index in [-0.39, 0.29) is 11.3 Å². The molecule has 0 saturated heterocycles. The molecule has 3 aromatic rings. The van der Waals surface area contributed by atoms with Crippen molar-refractivity contribution in [1.82, 2.24) is 19.9 Å². The molecule has 0 bridgehead atoms. The highest BCUT2D eigenvalue weighted by Crippen LogP contribution is 2.26. The molecule has 1 amide bonds. The van der Waals surface area contributed by atoms with E-state index >= 15 is 0 Å². The third-order valence-electron chi connectivity index (χ3n) is 4.37. The minimum atomic E-state index is -0.0936. The van der Waals surface area contributed by atoms with Crippen molar-refractivity contribution in [2.24, 2.45) is 0 Å². The zero-order valence-corrected chi connectivity index (χ0v) is 14.1. The Balaban J connectivity index is 1.60. The number of nitrogens with one attached hydrogen (secondary N) is 1. The Hall–Kier alpha value is -2.69. The summed E-state index contributed by atoms with van der Waals surface area (Å²) < 4.78 is 0. The quantitative estimate of drug-likeness (QED) is 0.747. The van der Waals surface area contributed by atoms with Crippen LogP contribution in [-0.2, 0) is 18.5 Å². The molecule has 4 rings (SSSR count). The number of carbonyl (C=O) groups excluding carboxylic acids is 1. The topological polar surface area (TPSA) is 61.9 Å². The molecule has 1 aliphatic heterocycles. The average Bonchev–Trinajstić information content (AvgIpc) is 3.16. The van der Waals surface area contributed by atoms with Crippen LogP contribution in [0, 0.1) is 0 Å². The van der Waals surface area contributed by atoms with Crippen molar-refractivity contribution in [3.05, 3.63) is 59.3 Å². The number of para-hydroxylation sites is 1. The lowest BCUT2D eigenvalue weighted by Gasteiger charge is -2.16. The maximum absolute atomic E-state index is 12.8. The van der Waals surface area contributed by atoms with Gasteiger partial charge in [-0.05, 0) is 12.1 Å². The maximum Gasteiger partial charge on any atom is 0.270 e. The molecular formula is C19H20N4O. The number of H-pyrrole nitrogens is 1. The van der Waals surface area contributed by atoms with Crippen LogP contribution in [0.3, 0.4) is 0 Å². The van der Waals surface area contributed by atoms with E-state index in [1.807, 2.05) is 41.4 Å². The molecule has 5 nitrogen and oxygen atoms in total. The number of benzene rings is 1. The summed E-state index contributed by atoms with van der Waals surface area (Å²) in [5, 5.41) is 1.05. The van der Waals surface area contributed by atoms with Gasteiger partial charge >= 0.3 is 0 Å². The van der Waals surface area contributed by atoms with Crippen molar-refractivity contribution in [3.8, 4) is 0 Å². The number of amides is 1. The molecule has 5 heteroatoms. The highest BCUT2D eigenvalue weighted by Gasteiger charge is 2.28. The monoisotopic (exact) mass is 320 g/mol. The van der Waals surface area contributed by atoms with Crippen LogP contribution in [0.25, 0.3) is 10.9 Å². The Kier molecular flexibility index (Phi) is 3.20. The Labute approximate surface area is 140 Å². The van der Waals surface area contributed by atoms with Crippen LogP contribution in [-0.4, -0.2) is 25.8 Å². The van der Waals surface area contributed by atoms with Crippen LogP contribution in [0.2, 0.25) is 0 Å². The number of nitrogens with zero attached hydrogens (tertiary/aromatic N) is 3. The van der Waals surface area contributed by atoms with Crippen LogP contribution in [0.1, 0.15) is 48.3 Å². The molecule has 0 saturated carbocycles. The maximum atomic E-state index is 12.8. The van der Waals surface area contributed by atoms with Gasteiger partial charge in [0.1, 0.15) is 11.5 Å². The predicted octanol–water partition coefficient (Wildman–Crippen LogP) is 3.41. The molecule has 0 fully saturated rings. The first-order valence-electron chi connectivity index (χ1n) is 8.14. The van der Waals surface area contributed by atoms with E-state index in [9.17, 15) is 4.79 Å². The number of aromatic nitrogens is 3. The fraction of sp³-hybridized carbons (Fsp3) is 0.316. The zero-order valence-electron chi connectivity index (χ0n) is 14.1. The Morgan fingerprint density at radius 1 is 1.21 bits per heavy atom. The summed E-state index contributed by atoms with van der Waals surface area (Å²) in [5.41, 5.74) is 3.50. The fourth-order valence-corrected chi connectivity index (χ4v) is 3.02. The second kappa shape index (κ2) is 5.16. The highest BCUT2D eigenvalue weighted by atomic mass is 16.2. The first kappa shape index (κ1) is 14.9. The largest absolute Gasteiger partial charge is 0.351 e. The van der Waals surface area contributed by atoms with Gasteiger partial charge in [-0.3, -0.25) is 4.79 Å². The van der Waals surface area contributed by atoms with Gasteiger partial charge in [-0.15, -0.1) is 0 Å². The van der Waals surface area contributed by atoms with Crippen molar-refractivity contribution in [3.63, 3.8) is 0 Å². The Morgan fingerprint density at radius 3 is 2.75 bits per heavy atom. The fourth-order valence-electron chi connectivity index (χ4n) is 3.02. The molecule has 122 valence electrons. The molecule has 0 atom stereocenters. The molecule has 1 N–H and O–H groups in total. The first-order valence-corrected chi connectivity index (χ1v) is 8.14. The van der Waals surface area contributed by atoms with E-state index in [4.69, 9.17) is 0 Å². The lowest BCUT2D eigenvalue weighted by atomic mass is 9.95. The van der Waals surface area contributed by atoms with Crippen LogP contribution < -0.4 is 0 Å². The number of fused-ring (bicyclic) bond motifs is 2. The van der Waals surface area contributed by atoms with E-state index in [1.165, 1.54) is 0 Å².